The second-order valence-corrected chi connectivity index (χ2v) is 3.42. The Hall–Kier alpha value is -0.770. The molecule has 1 aliphatic heterocycles. The van der Waals surface area contributed by atoms with E-state index in [2.05, 4.69) is 5.32 Å². The first kappa shape index (κ1) is 10.3. The lowest BCUT2D eigenvalue weighted by molar-refractivity contribution is 0.00397. The molecule has 0 aromatic rings. The van der Waals surface area contributed by atoms with Gasteiger partial charge in [-0.1, -0.05) is 0 Å². The van der Waals surface area contributed by atoms with Crippen LogP contribution in [-0.2, 0) is 4.74 Å². The van der Waals surface area contributed by atoms with E-state index in [-0.39, 0.29) is 12.1 Å². The Kier molecular flexibility index (Phi) is 4.02. The highest BCUT2D eigenvalue weighted by atomic mass is 16.5. The summed E-state index contributed by atoms with van der Waals surface area (Å²) in [6, 6.07) is -0.0471. The maximum atomic E-state index is 11.1. The molecular formula is C9H18N2O2. The first-order valence-corrected chi connectivity index (χ1v) is 4.78. The van der Waals surface area contributed by atoms with Gasteiger partial charge in [-0.3, -0.25) is 0 Å². The molecule has 1 atom stereocenters. The fourth-order valence-corrected chi connectivity index (χ4v) is 1.53. The van der Waals surface area contributed by atoms with Crippen LogP contribution in [0.1, 0.15) is 19.3 Å². The number of ether oxygens (including phenoxy) is 1. The number of nitrogens with one attached hydrogen (secondary N) is 1. The van der Waals surface area contributed by atoms with Gasteiger partial charge in [0.15, 0.2) is 0 Å². The summed E-state index contributed by atoms with van der Waals surface area (Å²) in [7, 11) is 3.43. The Labute approximate surface area is 79.2 Å². The van der Waals surface area contributed by atoms with Gasteiger partial charge in [0, 0.05) is 27.2 Å². The molecule has 2 amide bonds. The summed E-state index contributed by atoms with van der Waals surface area (Å²) in [6.07, 6.45) is 3.67. The zero-order chi connectivity index (χ0) is 9.68. The van der Waals surface area contributed by atoms with Crippen molar-refractivity contribution in [3.8, 4) is 0 Å². The van der Waals surface area contributed by atoms with Gasteiger partial charge >= 0.3 is 6.03 Å². The molecular weight excluding hydrogens is 168 g/mol. The Bertz CT molecular complexity index is 167. The molecule has 0 aliphatic carbocycles. The zero-order valence-corrected chi connectivity index (χ0v) is 8.38. The van der Waals surface area contributed by atoms with E-state index < -0.39 is 0 Å². The standard InChI is InChI=1S/C9H18N2O2/c1-10-9(12)11(2)7-8-5-3-4-6-13-8/h8H,3-7H2,1-2H3,(H,10,12). The van der Waals surface area contributed by atoms with Crippen molar-refractivity contribution in [2.45, 2.75) is 25.4 Å². The summed E-state index contributed by atoms with van der Waals surface area (Å²) in [6.45, 7) is 1.53. The third kappa shape index (κ3) is 3.22. The molecule has 0 radical (unpaired) electrons. The van der Waals surface area contributed by atoms with E-state index in [4.69, 9.17) is 4.74 Å². The van der Waals surface area contributed by atoms with Gasteiger partial charge in [-0.05, 0) is 19.3 Å². The molecule has 0 saturated carbocycles. The number of nitrogens with zero attached hydrogens (tertiary/aromatic N) is 1. The van der Waals surface area contributed by atoms with Gasteiger partial charge in [-0.15, -0.1) is 0 Å². The summed E-state index contributed by atoms with van der Waals surface area (Å²) >= 11 is 0. The Morgan fingerprint density at radius 3 is 2.92 bits per heavy atom. The van der Waals surface area contributed by atoms with Gasteiger partial charge in [-0.2, -0.15) is 0 Å². The Morgan fingerprint density at radius 2 is 2.38 bits per heavy atom. The summed E-state index contributed by atoms with van der Waals surface area (Å²) in [4.78, 5) is 12.8. The van der Waals surface area contributed by atoms with Crippen LogP contribution in [0.15, 0.2) is 0 Å². The van der Waals surface area contributed by atoms with Crippen LogP contribution in [0.3, 0.4) is 0 Å². The number of urea groups is 1. The molecule has 1 rings (SSSR count). The number of hydrogen-bond acceptors (Lipinski definition) is 2. The smallest absolute Gasteiger partial charge is 0.316 e. The highest BCUT2D eigenvalue weighted by molar-refractivity contribution is 5.73. The number of rotatable bonds is 2. The molecule has 76 valence electrons. The van der Waals surface area contributed by atoms with Crippen LogP contribution in [0.2, 0.25) is 0 Å². The molecule has 1 unspecified atom stereocenters. The van der Waals surface area contributed by atoms with Gasteiger partial charge in [0.1, 0.15) is 0 Å². The molecule has 4 heteroatoms. The molecule has 4 nitrogen and oxygen atoms in total. The van der Waals surface area contributed by atoms with Crippen molar-refractivity contribution >= 4 is 6.03 Å². The van der Waals surface area contributed by atoms with Crippen molar-refractivity contribution in [1.29, 1.82) is 0 Å². The third-order valence-electron chi connectivity index (χ3n) is 2.31. The summed E-state index contributed by atoms with van der Waals surface area (Å²) in [5, 5.41) is 2.59. The highest BCUT2D eigenvalue weighted by Crippen LogP contribution is 2.13. The van der Waals surface area contributed by atoms with E-state index in [1.807, 2.05) is 0 Å². The van der Waals surface area contributed by atoms with Crippen molar-refractivity contribution in [2.24, 2.45) is 0 Å². The largest absolute Gasteiger partial charge is 0.376 e. The first-order chi connectivity index (χ1) is 6.24. The highest BCUT2D eigenvalue weighted by Gasteiger charge is 2.17. The van der Waals surface area contributed by atoms with Crippen LogP contribution in [-0.4, -0.2) is 44.3 Å². The number of carbonyl (C=O) groups excluding carboxylic acids is 1. The summed E-state index contributed by atoms with van der Waals surface area (Å²) in [5.41, 5.74) is 0. The molecule has 1 saturated heterocycles. The van der Waals surface area contributed by atoms with Crippen LogP contribution >= 0.6 is 0 Å². The van der Waals surface area contributed by atoms with Crippen molar-refractivity contribution in [3.05, 3.63) is 0 Å². The fourth-order valence-electron chi connectivity index (χ4n) is 1.53. The predicted molar refractivity (Wildman–Crippen MR) is 50.7 cm³/mol. The molecule has 1 aliphatic rings. The second kappa shape index (κ2) is 5.07. The average molecular weight is 186 g/mol. The van der Waals surface area contributed by atoms with Crippen LogP contribution in [0, 0.1) is 0 Å². The van der Waals surface area contributed by atoms with Gasteiger partial charge in [-0.25, -0.2) is 4.79 Å². The van der Waals surface area contributed by atoms with Crippen LogP contribution in [0.4, 0.5) is 4.79 Å². The lowest BCUT2D eigenvalue weighted by Gasteiger charge is -2.27. The van der Waals surface area contributed by atoms with Gasteiger partial charge in [0.05, 0.1) is 6.10 Å². The van der Waals surface area contributed by atoms with Crippen molar-refractivity contribution < 1.29 is 9.53 Å². The molecule has 0 aromatic heterocycles. The number of amides is 2. The molecule has 1 heterocycles. The van der Waals surface area contributed by atoms with Crippen LogP contribution in [0.5, 0.6) is 0 Å². The van der Waals surface area contributed by atoms with Crippen LogP contribution < -0.4 is 5.32 Å². The molecule has 0 aromatic carbocycles. The van der Waals surface area contributed by atoms with E-state index in [0.717, 1.165) is 19.4 Å². The number of carbonyl (C=O) groups is 1. The minimum absolute atomic E-state index is 0.0471. The second-order valence-electron chi connectivity index (χ2n) is 3.42. The monoisotopic (exact) mass is 186 g/mol. The van der Waals surface area contributed by atoms with E-state index in [9.17, 15) is 4.79 Å². The third-order valence-corrected chi connectivity index (χ3v) is 2.31. The average Bonchev–Trinajstić information content (AvgIpc) is 2.18. The lowest BCUT2D eigenvalue weighted by Crippen LogP contribution is -2.41. The fraction of sp³-hybridized carbons (Fsp3) is 0.889. The van der Waals surface area contributed by atoms with Gasteiger partial charge in [0.25, 0.3) is 0 Å². The SMILES string of the molecule is CNC(=O)N(C)CC1CCCCO1. The maximum Gasteiger partial charge on any atom is 0.316 e. The van der Waals surface area contributed by atoms with E-state index >= 15 is 0 Å². The van der Waals surface area contributed by atoms with Gasteiger partial charge < -0.3 is 15.0 Å². The van der Waals surface area contributed by atoms with E-state index in [1.165, 1.54) is 6.42 Å². The Balaban J connectivity index is 2.25. The molecule has 0 spiro atoms. The van der Waals surface area contributed by atoms with Crippen molar-refractivity contribution in [2.75, 3.05) is 27.2 Å². The van der Waals surface area contributed by atoms with E-state index in [0.29, 0.717) is 6.54 Å². The number of likely N-dealkylation sites (N-methyl/N-ethyl adjacent to an activating group) is 1. The topological polar surface area (TPSA) is 41.6 Å². The maximum absolute atomic E-state index is 11.1. The molecule has 0 bridgehead atoms. The molecule has 13 heavy (non-hydrogen) atoms. The van der Waals surface area contributed by atoms with E-state index in [1.54, 1.807) is 19.0 Å². The molecule has 1 fully saturated rings. The minimum atomic E-state index is -0.0471. The normalized spacial score (nSPS) is 22.5. The quantitative estimate of drug-likeness (QED) is 0.694. The van der Waals surface area contributed by atoms with Gasteiger partial charge in [0.2, 0.25) is 0 Å². The van der Waals surface area contributed by atoms with Crippen molar-refractivity contribution in [1.82, 2.24) is 10.2 Å². The summed E-state index contributed by atoms with van der Waals surface area (Å²) in [5.74, 6) is 0. The first-order valence-electron chi connectivity index (χ1n) is 4.78. The predicted octanol–water partition coefficient (Wildman–Crippen LogP) is 0.827. The summed E-state index contributed by atoms with van der Waals surface area (Å²) < 4.78 is 5.52. The lowest BCUT2D eigenvalue weighted by atomic mass is 10.1. The Morgan fingerprint density at radius 1 is 1.62 bits per heavy atom. The molecule has 1 N–H and O–H groups in total. The zero-order valence-electron chi connectivity index (χ0n) is 8.38. The minimum Gasteiger partial charge on any atom is -0.376 e. The van der Waals surface area contributed by atoms with Crippen LogP contribution in [0.25, 0.3) is 0 Å². The van der Waals surface area contributed by atoms with Crippen molar-refractivity contribution in [3.63, 3.8) is 0 Å². The number of hydrogen-bond donors (Lipinski definition) is 1.